The molecule has 2 fully saturated rings. The van der Waals surface area contributed by atoms with Gasteiger partial charge in [-0.05, 0) is 67.7 Å². The number of benzene rings is 1. The lowest BCUT2D eigenvalue weighted by atomic mass is 9.85. The Balaban J connectivity index is 1.50. The summed E-state index contributed by atoms with van der Waals surface area (Å²) in [7, 11) is 3.59. The normalized spacial score (nSPS) is 24.0. The number of hydrogen-bond donors (Lipinski definition) is 0. The van der Waals surface area contributed by atoms with Crippen LogP contribution < -0.4 is 4.74 Å². The fourth-order valence-electron chi connectivity index (χ4n) is 5.03. The van der Waals surface area contributed by atoms with Gasteiger partial charge in [-0.1, -0.05) is 26.0 Å². The molecule has 2 saturated heterocycles. The molecule has 2 bridgehead atoms. The molecule has 0 N–H and O–H groups in total. The number of amides is 1. The van der Waals surface area contributed by atoms with Crippen molar-refractivity contribution in [2.45, 2.75) is 64.0 Å². The second kappa shape index (κ2) is 7.61. The quantitative estimate of drug-likeness (QED) is 0.781. The summed E-state index contributed by atoms with van der Waals surface area (Å²) < 4.78 is 7.06. The Morgan fingerprint density at radius 1 is 1.18 bits per heavy atom. The Morgan fingerprint density at radius 2 is 1.82 bits per heavy atom. The molecule has 1 aromatic carbocycles. The number of rotatable bonds is 5. The van der Waals surface area contributed by atoms with E-state index in [1.807, 2.05) is 25.2 Å². The largest absolute Gasteiger partial charge is 0.497 e. The van der Waals surface area contributed by atoms with E-state index >= 15 is 0 Å². The molecule has 3 atom stereocenters. The molecule has 1 aromatic heterocycles. The van der Waals surface area contributed by atoms with Crippen LogP contribution in [0.25, 0.3) is 0 Å². The fraction of sp³-hybridized carbons (Fsp3) is 0.565. The number of ether oxygens (including phenoxy) is 1. The molecule has 0 spiro atoms. The third kappa shape index (κ3) is 3.54. The summed E-state index contributed by atoms with van der Waals surface area (Å²) in [6.45, 7) is 4.36. The Morgan fingerprint density at radius 3 is 2.39 bits per heavy atom. The van der Waals surface area contributed by atoms with E-state index in [9.17, 15) is 4.79 Å². The summed E-state index contributed by atoms with van der Waals surface area (Å²) in [5, 5.41) is 4.57. The first-order valence-electron chi connectivity index (χ1n) is 10.5. The summed E-state index contributed by atoms with van der Waals surface area (Å²) in [6, 6.07) is 11.1. The van der Waals surface area contributed by atoms with Gasteiger partial charge in [0.25, 0.3) is 5.91 Å². The van der Waals surface area contributed by atoms with Crippen LogP contribution in [-0.2, 0) is 13.5 Å². The first kappa shape index (κ1) is 19.0. The van der Waals surface area contributed by atoms with Gasteiger partial charge in [0, 0.05) is 19.1 Å². The highest BCUT2D eigenvalue weighted by atomic mass is 16.5. The van der Waals surface area contributed by atoms with Gasteiger partial charge < -0.3 is 9.64 Å². The molecule has 1 unspecified atom stereocenters. The third-order valence-corrected chi connectivity index (χ3v) is 6.32. The number of carbonyl (C=O) groups is 1. The van der Waals surface area contributed by atoms with Crippen molar-refractivity contribution in [3.63, 3.8) is 0 Å². The standard InChI is InChI=1S/C23H31N3O2/c1-15(2)11-18-14-22(25(3)24-18)23(27)26-19-7-8-20(26)13-17(12-19)16-5-9-21(28-4)10-6-16/h5-6,9-10,14-15,17,19-20H,7-8,11-13H2,1-4H3/t17?,19-,20+. The van der Waals surface area contributed by atoms with Crippen LogP contribution in [0.1, 0.15) is 67.2 Å². The van der Waals surface area contributed by atoms with Gasteiger partial charge in [0.2, 0.25) is 0 Å². The van der Waals surface area contributed by atoms with Crippen molar-refractivity contribution in [3.05, 3.63) is 47.3 Å². The third-order valence-electron chi connectivity index (χ3n) is 6.32. The van der Waals surface area contributed by atoms with Gasteiger partial charge >= 0.3 is 0 Å². The van der Waals surface area contributed by atoms with Crippen LogP contribution >= 0.6 is 0 Å². The van der Waals surface area contributed by atoms with E-state index in [0.29, 0.717) is 23.9 Å². The van der Waals surface area contributed by atoms with Gasteiger partial charge in [-0.2, -0.15) is 5.10 Å². The lowest BCUT2D eigenvalue weighted by Crippen LogP contribution is -2.46. The van der Waals surface area contributed by atoms with Gasteiger partial charge in [0.15, 0.2) is 0 Å². The molecule has 28 heavy (non-hydrogen) atoms. The Hall–Kier alpha value is -2.30. The van der Waals surface area contributed by atoms with Gasteiger partial charge in [0.1, 0.15) is 11.4 Å². The molecule has 5 heteroatoms. The molecular formula is C23H31N3O2. The summed E-state index contributed by atoms with van der Waals surface area (Å²) >= 11 is 0. The van der Waals surface area contributed by atoms with E-state index < -0.39 is 0 Å². The van der Waals surface area contributed by atoms with Gasteiger partial charge in [0.05, 0.1) is 12.8 Å². The highest BCUT2D eigenvalue weighted by molar-refractivity contribution is 5.93. The summed E-state index contributed by atoms with van der Waals surface area (Å²) in [5.74, 6) is 2.11. The van der Waals surface area contributed by atoms with Gasteiger partial charge in [-0.25, -0.2) is 0 Å². The van der Waals surface area contributed by atoms with Crippen LogP contribution in [0.5, 0.6) is 5.75 Å². The highest BCUT2D eigenvalue weighted by Crippen LogP contribution is 2.43. The number of methoxy groups -OCH3 is 1. The maximum Gasteiger partial charge on any atom is 0.272 e. The molecule has 3 heterocycles. The maximum atomic E-state index is 13.4. The van der Waals surface area contributed by atoms with Crippen LogP contribution in [0.3, 0.4) is 0 Å². The first-order valence-corrected chi connectivity index (χ1v) is 10.5. The average molecular weight is 382 g/mol. The molecule has 2 aliphatic rings. The number of carbonyl (C=O) groups excluding carboxylic acids is 1. The average Bonchev–Trinajstić information content (AvgIpc) is 3.16. The summed E-state index contributed by atoms with van der Waals surface area (Å²) in [5.41, 5.74) is 3.11. The van der Waals surface area contributed by atoms with Crippen LogP contribution in [0.4, 0.5) is 0 Å². The second-order valence-electron chi connectivity index (χ2n) is 8.78. The molecule has 150 valence electrons. The van der Waals surface area contributed by atoms with Crippen LogP contribution in [0, 0.1) is 5.92 Å². The highest BCUT2D eigenvalue weighted by Gasteiger charge is 2.44. The molecule has 1 amide bonds. The SMILES string of the molecule is COc1ccc(C2C[C@H]3CC[C@@H](C2)N3C(=O)c2cc(CC(C)C)nn2C)cc1. The molecule has 2 aliphatic heterocycles. The molecule has 5 nitrogen and oxygen atoms in total. The topological polar surface area (TPSA) is 47.4 Å². The predicted molar refractivity (Wildman–Crippen MR) is 110 cm³/mol. The van der Waals surface area contributed by atoms with Crippen LogP contribution in [0.2, 0.25) is 0 Å². The van der Waals surface area contributed by atoms with Crippen LogP contribution in [0.15, 0.2) is 30.3 Å². The van der Waals surface area contributed by atoms with Crippen molar-refractivity contribution in [2.75, 3.05) is 7.11 Å². The predicted octanol–water partition coefficient (Wildman–Crippen LogP) is 4.18. The zero-order chi connectivity index (χ0) is 19.8. The molecular weight excluding hydrogens is 350 g/mol. The van der Waals surface area contributed by atoms with E-state index in [0.717, 1.165) is 49.2 Å². The smallest absolute Gasteiger partial charge is 0.272 e. The summed E-state index contributed by atoms with van der Waals surface area (Å²) in [4.78, 5) is 15.5. The van der Waals surface area contributed by atoms with Gasteiger partial charge in [-0.15, -0.1) is 0 Å². The van der Waals surface area contributed by atoms with E-state index in [1.165, 1.54) is 5.56 Å². The molecule has 4 rings (SSSR count). The first-order chi connectivity index (χ1) is 13.5. The number of aryl methyl sites for hydroxylation is 1. The van der Waals surface area contributed by atoms with Crippen molar-refractivity contribution >= 4 is 5.91 Å². The van der Waals surface area contributed by atoms with Gasteiger partial charge in [-0.3, -0.25) is 9.48 Å². The summed E-state index contributed by atoms with van der Waals surface area (Å²) in [6.07, 6.45) is 5.23. The van der Waals surface area contributed by atoms with Crippen molar-refractivity contribution < 1.29 is 9.53 Å². The molecule has 0 saturated carbocycles. The lowest BCUT2D eigenvalue weighted by molar-refractivity contribution is 0.0560. The zero-order valence-corrected chi connectivity index (χ0v) is 17.4. The van der Waals surface area contributed by atoms with E-state index in [-0.39, 0.29) is 5.91 Å². The number of piperidine rings is 1. The Labute approximate surface area is 167 Å². The number of aromatic nitrogens is 2. The monoisotopic (exact) mass is 381 g/mol. The minimum absolute atomic E-state index is 0.158. The number of nitrogens with zero attached hydrogens (tertiary/aromatic N) is 3. The molecule has 0 aliphatic carbocycles. The minimum atomic E-state index is 0.158. The van der Waals surface area contributed by atoms with Crippen molar-refractivity contribution in [2.24, 2.45) is 13.0 Å². The van der Waals surface area contributed by atoms with Crippen molar-refractivity contribution in [1.82, 2.24) is 14.7 Å². The zero-order valence-electron chi connectivity index (χ0n) is 17.4. The van der Waals surface area contributed by atoms with E-state index in [4.69, 9.17) is 4.74 Å². The van der Waals surface area contributed by atoms with E-state index in [1.54, 1.807) is 11.8 Å². The van der Waals surface area contributed by atoms with Crippen molar-refractivity contribution in [3.8, 4) is 5.75 Å². The molecule has 0 radical (unpaired) electrons. The number of fused-ring (bicyclic) bond motifs is 2. The van der Waals surface area contributed by atoms with Crippen molar-refractivity contribution in [1.29, 1.82) is 0 Å². The van der Waals surface area contributed by atoms with Crippen LogP contribution in [-0.4, -0.2) is 39.8 Å². The number of hydrogen-bond acceptors (Lipinski definition) is 3. The molecule has 2 aromatic rings. The Kier molecular flexibility index (Phi) is 5.17. The van der Waals surface area contributed by atoms with E-state index in [2.05, 4.69) is 36.0 Å². The second-order valence-corrected chi connectivity index (χ2v) is 8.78. The fourth-order valence-corrected chi connectivity index (χ4v) is 5.03. The lowest BCUT2D eigenvalue weighted by Gasteiger charge is -2.39. The Bertz CT molecular complexity index is 826. The maximum absolute atomic E-state index is 13.4. The minimum Gasteiger partial charge on any atom is -0.497 e.